The molecule has 0 aliphatic rings. The molecule has 0 bridgehead atoms. The SMILES string of the molecule is CCC(C)Sc1nc2ccc(NC(=O)/C=C/C(=O)O)cc2s1. The first-order valence-corrected chi connectivity index (χ1v) is 8.46. The highest BCUT2D eigenvalue weighted by molar-refractivity contribution is 8.01. The second kappa shape index (κ2) is 7.42. The topological polar surface area (TPSA) is 79.3 Å². The summed E-state index contributed by atoms with van der Waals surface area (Å²) in [6.45, 7) is 4.31. The minimum Gasteiger partial charge on any atom is -0.478 e. The van der Waals surface area contributed by atoms with Gasteiger partial charge in [-0.1, -0.05) is 25.6 Å². The number of benzene rings is 1. The van der Waals surface area contributed by atoms with Crippen molar-refractivity contribution in [3.63, 3.8) is 0 Å². The lowest BCUT2D eigenvalue weighted by molar-refractivity contribution is -0.131. The molecule has 7 heteroatoms. The van der Waals surface area contributed by atoms with Gasteiger partial charge in [-0.2, -0.15) is 0 Å². The molecule has 2 aromatic rings. The largest absolute Gasteiger partial charge is 0.478 e. The van der Waals surface area contributed by atoms with E-state index in [9.17, 15) is 9.59 Å². The molecule has 2 rings (SSSR count). The van der Waals surface area contributed by atoms with E-state index in [4.69, 9.17) is 5.11 Å². The summed E-state index contributed by atoms with van der Waals surface area (Å²) in [5.74, 6) is -1.62. The number of carbonyl (C=O) groups is 2. The first kappa shape index (κ1) is 16.5. The number of carbonyl (C=O) groups excluding carboxylic acids is 1. The molecule has 0 saturated carbocycles. The van der Waals surface area contributed by atoms with Gasteiger partial charge in [0, 0.05) is 23.1 Å². The van der Waals surface area contributed by atoms with Crippen molar-refractivity contribution in [2.45, 2.75) is 29.9 Å². The smallest absolute Gasteiger partial charge is 0.328 e. The predicted octanol–water partition coefficient (Wildman–Crippen LogP) is 3.77. The Kier molecular flexibility index (Phi) is 5.57. The summed E-state index contributed by atoms with van der Waals surface area (Å²) < 4.78 is 2.00. The highest BCUT2D eigenvalue weighted by Crippen LogP contribution is 2.34. The van der Waals surface area contributed by atoms with Crippen LogP contribution in [0.25, 0.3) is 10.2 Å². The number of nitrogens with one attached hydrogen (secondary N) is 1. The van der Waals surface area contributed by atoms with Crippen molar-refractivity contribution in [2.24, 2.45) is 0 Å². The van der Waals surface area contributed by atoms with Crippen molar-refractivity contribution in [3.8, 4) is 0 Å². The van der Waals surface area contributed by atoms with Crippen molar-refractivity contribution < 1.29 is 14.7 Å². The van der Waals surface area contributed by atoms with Gasteiger partial charge in [0.1, 0.15) is 0 Å². The number of hydrogen-bond donors (Lipinski definition) is 2. The van der Waals surface area contributed by atoms with E-state index in [1.165, 1.54) is 0 Å². The molecule has 5 nitrogen and oxygen atoms in total. The van der Waals surface area contributed by atoms with E-state index in [2.05, 4.69) is 24.1 Å². The molecule has 0 aliphatic carbocycles. The summed E-state index contributed by atoms with van der Waals surface area (Å²) in [5.41, 5.74) is 1.52. The zero-order valence-corrected chi connectivity index (χ0v) is 13.8. The fraction of sp³-hybridized carbons (Fsp3) is 0.267. The fourth-order valence-electron chi connectivity index (χ4n) is 1.62. The van der Waals surface area contributed by atoms with E-state index >= 15 is 0 Å². The number of thioether (sulfide) groups is 1. The van der Waals surface area contributed by atoms with Crippen molar-refractivity contribution in [2.75, 3.05) is 5.32 Å². The summed E-state index contributed by atoms with van der Waals surface area (Å²) in [6.07, 6.45) is 2.88. The third kappa shape index (κ3) is 4.57. The molecule has 0 saturated heterocycles. The first-order valence-electron chi connectivity index (χ1n) is 6.77. The number of amides is 1. The van der Waals surface area contributed by atoms with Crippen LogP contribution in [-0.2, 0) is 9.59 Å². The van der Waals surface area contributed by atoms with Crippen LogP contribution in [0.15, 0.2) is 34.7 Å². The van der Waals surface area contributed by atoms with E-state index in [0.717, 1.165) is 33.1 Å². The van der Waals surface area contributed by atoms with Crippen LogP contribution in [0.1, 0.15) is 20.3 Å². The lowest BCUT2D eigenvalue weighted by Crippen LogP contribution is -2.08. The van der Waals surface area contributed by atoms with Crippen LogP contribution in [0, 0.1) is 0 Å². The van der Waals surface area contributed by atoms with Gasteiger partial charge in [-0.15, -0.1) is 11.3 Å². The first-order chi connectivity index (χ1) is 10.5. The maximum Gasteiger partial charge on any atom is 0.328 e. The molecular weight excluding hydrogens is 320 g/mol. The van der Waals surface area contributed by atoms with Gasteiger partial charge < -0.3 is 10.4 Å². The van der Waals surface area contributed by atoms with E-state index in [1.54, 1.807) is 29.2 Å². The van der Waals surface area contributed by atoms with Gasteiger partial charge in [-0.25, -0.2) is 9.78 Å². The third-order valence-corrected chi connectivity index (χ3v) is 5.27. The Morgan fingerprint density at radius 2 is 2.23 bits per heavy atom. The Bertz CT molecular complexity index is 725. The number of aliphatic carboxylic acids is 1. The molecule has 2 N–H and O–H groups in total. The molecule has 22 heavy (non-hydrogen) atoms. The van der Waals surface area contributed by atoms with Gasteiger partial charge in [0.05, 0.1) is 10.2 Å². The Morgan fingerprint density at radius 3 is 2.91 bits per heavy atom. The minimum atomic E-state index is -1.15. The molecular formula is C15H16N2O3S2. The van der Waals surface area contributed by atoms with Crippen LogP contribution < -0.4 is 5.32 Å². The molecule has 0 fully saturated rings. The van der Waals surface area contributed by atoms with Gasteiger partial charge in [0.15, 0.2) is 4.34 Å². The molecule has 1 atom stereocenters. The summed E-state index contributed by atoms with van der Waals surface area (Å²) in [4.78, 5) is 26.5. The fourth-order valence-corrected chi connectivity index (χ4v) is 3.97. The van der Waals surface area contributed by atoms with Crippen LogP contribution in [0.3, 0.4) is 0 Å². The van der Waals surface area contributed by atoms with E-state index in [-0.39, 0.29) is 0 Å². The normalized spacial score (nSPS) is 12.6. The molecule has 0 radical (unpaired) electrons. The minimum absolute atomic E-state index is 0.472. The van der Waals surface area contributed by atoms with Crippen molar-refractivity contribution in [1.82, 2.24) is 4.98 Å². The van der Waals surface area contributed by atoms with Crippen LogP contribution in [0.5, 0.6) is 0 Å². The van der Waals surface area contributed by atoms with Crippen LogP contribution in [0.4, 0.5) is 5.69 Å². The number of hydrogen-bond acceptors (Lipinski definition) is 5. The number of rotatable bonds is 6. The number of carboxylic acid groups (broad SMARTS) is 1. The number of thiazole rings is 1. The Labute approximate surface area is 136 Å². The zero-order chi connectivity index (χ0) is 16.1. The second-order valence-electron chi connectivity index (χ2n) is 4.66. The van der Waals surface area contributed by atoms with Gasteiger partial charge in [0.25, 0.3) is 0 Å². The summed E-state index contributed by atoms with van der Waals surface area (Å²) in [6, 6.07) is 5.45. The third-order valence-electron chi connectivity index (χ3n) is 2.89. The van der Waals surface area contributed by atoms with E-state index < -0.39 is 11.9 Å². The predicted molar refractivity (Wildman–Crippen MR) is 90.6 cm³/mol. The average molecular weight is 336 g/mol. The Hall–Kier alpha value is -1.86. The standard InChI is InChI=1S/C15H16N2O3S2/c1-3-9(2)21-15-17-11-5-4-10(8-12(11)22-15)16-13(18)6-7-14(19)20/h4-9H,3H2,1-2H3,(H,16,18)(H,19,20)/b7-6+. The number of nitrogens with zero attached hydrogens (tertiary/aromatic N) is 1. The van der Waals surface area contributed by atoms with Crippen LogP contribution in [0.2, 0.25) is 0 Å². The lowest BCUT2D eigenvalue weighted by atomic mass is 10.3. The van der Waals surface area contributed by atoms with Gasteiger partial charge in [-0.05, 0) is 24.6 Å². The maximum atomic E-state index is 11.6. The Morgan fingerprint density at radius 1 is 1.45 bits per heavy atom. The molecule has 1 aromatic carbocycles. The summed E-state index contributed by atoms with van der Waals surface area (Å²) >= 11 is 3.33. The van der Waals surface area contributed by atoms with Crippen molar-refractivity contribution >= 4 is 50.9 Å². The molecule has 1 aromatic heterocycles. The molecule has 0 aliphatic heterocycles. The zero-order valence-electron chi connectivity index (χ0n) is 12.2. The summed E-state index contributed by atoms with van der Waals surface area (Å²) in [5, 5.41) is 11.6. The molecule has 1 unspecified atom stereocenters. The second-order valence-corrected chi connectivity index (χ2v) is 7.38. The molecule has 1 heterocycles. The monoisotopic (exact) mass is 336 g/mol. The number of carboxylic acids is 1. The number of aromatic nitrogens is 1. The van der Waals surface area contributed by atoms with E-state index in [1.807, 2.05) is 12.1 Å². The van der Waals surface area contributed by atoms with Crippen molar-refractivity contribution in [1.29, 1.82) is 0 Å². The van der Waals surface area contributed by atoms with Gasteiger partial charge in [-0.3, -0.25) is 4.79 Å². The van der Waals surface area contributed by atoms with Crippen LogP contribution >= 0.6 is 23.1 Å². The van der Waals surface area contributed by atoms with E-state index in [0.29, 0.717) is 10.9 Å². The Balaban J connectivity index is 2.13. The maximum absolute atomic E-state index is 11.6. The summed E-state index contributed by atoms with van der Waals surface area (Å²) in [7, 11) is 0. The van der Waals surface area contributed by atoms with Crippen molar-refractivity contribution in [3.05, 3.63) is 30.4 Å². The molecule has 116 valence electrons. The lowest BCUT2D eigenvalue weighted by Gasteiger charge is -2.02. The van der Waals surface area contributed by atoms with Gasteiger partial charge >= 0.3 is 5.97 Å². The number of anilines is 1. The highest BCUT2D eigenvalue weighted by atomic mass is 32.2. The highest BCUT2D eigenvalue weighted by Gasteiger charge is 2.09. The number of fused-ring (bicyclic) bond motifs is 1. The quantitative estimate of drug-likeness (QED) is 0.620. The molecule has 0 spiro atoms. The van der Waals surface area contributed by atoms with Gasteiger partial charge in [0.2, 0.25) is 5.91 Å². The molecule has 1 amide bonds. The average Bonchev–Trinajstić information content (AvgIpc) is 2.86. The van der Waals surface area contributed by atoms with Crippen LogP contribution in [-0.4, -0.2) is 27.2 Å².